The van der Waals surface area contributed by atoms with E-state index in [0.717, 1.165) is 270 Å². The predicted molar refractivity (Wildman–Crippen MR) is 588 cm³/mol. The Balaban J connectivity index is 0.806. The van der Waals surface area contributed by atoms with Crippen LogP contribution >= 0.6 is 0 Å². The van der Waals surface area contributed by atoms with Gasteiger partial charge in [-0.2, -0.15) is 21.0 Å². The molecular weight excluding hydrogens is 1830 g/mol. The SMILES string of the molecule is C[Si](C)(CCCCCOCC(COCCCCC[Si](C)(C)O[Si](C)(C)CCCCCOc1ccc(-c2ccc(C#N)cc2)cc1)(COCCCCC[Si](C)(C)O[Si](C)(C)CCCCCOc1ccc(-c2ccc(C#N)cc2)cc1)COCCCCC[Si](C)(C)O[Si](C)(C)CCCCCOc1ccc(-c2ccc(C#N)cc2)cc1)O[Si](C)(C)CCCCCOc1ccc(-c2ccc(C#N)cc2)cc1. The molecule has 0 radical (unpaired) electrons. The van der Waals surface area contributed by atoms with Crippen LogP contribution in [0.4, 0.5) is 0 Å². The molecule has 0 saturated carbocycles. The maximum Gasteiger partial charge on any atom is 0.173 e. The smallest absolute Gasteiger partial charge is 0.173 e. The van der Waals surface area contributed by atoms with Crippen molar-refractivity contribution in [2.75, 3.05) is 79.3 Å². The Labute approximate surface area is 836 Å². The highest BCUT2D eigenvalue weighted by Gasteiger charge is 2.38. The zero-order valence-corrected chi connectivity index (χ0v) is 94.8. The Hall–Kier alpha value is -7.66. The highest BCUT2D eigenvalue weighted by Crippen LogP contribution is 2.35. The highest BCUT2D eigenvalue weighted by atomic mass is 28.4. The molecule has 0 N–H and O–H groups in total. The van der Waals surface area contributed by atoms with E-state index in [1.807, 2.05) is 146 Å². The molecule has 0 spiro atoms. The first-order valence-corrected chi connectivity index (χ1v) is 76.5. The number of benzene rings is 8. The van der Waals surface area contributed by atoms with Crippen LogP contribution in [0.5, 0.6) is 23.0 Å². The summed E-state index contributed by atoms with van der Waals surface area (Å²) in [4.78, 5) is 0. The summed E-state index contributed by atoms with van der Waals surface area (Å²) in [6.45, 7) is 46.3. The summed E-state index contributed by atoms with van der Waals surface area (Å²) in [5.74, 6) is 3.54. The molecule has 0 unspecified atom stereocenters. The molecule has 0 aliphatic heterocycles. The van der Waals surface area contributed by atoms with Gasteiger partial charge in [0, 0.05) is 26.4 Å². The third-order valence-corrected chi connectivity index (χ3v) is 55.8. The molecule has 0 aromatic heterocycles. The van der Waals surface area contributed by atoms with Crippen molar-refractivity contribution in [2.45, 2.75) is 307 Å². The minimum absolute atomic E-state index is 0.472. The first kappa shape index (κ1) is 115. The van der Waals surface area contributed by atoms with Gasteiger partial charge in [0.05, 0.1) is 105 Å². The third kappa shape index (κ3) is 47.2. The van der Waals surface area contributed by atoms with Crippen LogP contribution in [0.2, 0.25) is 153 Å². The third-order valence-electron chi connectivity index (χ3n) is 25.7. The second kappa shape index (κ2) is 59.9. The quantitative estimate of drug-likeness (QED) is 0.0257. The fraction of sp³-hybridized carbons (Fsp3) is 0.540. The van der Waals surface area contributed by atoms with Crippen molar-refractivity contribution in [2.24, 2.45) is 5.41 Å². The fourth-order valence-electron chi connectivity index (χ4n) is 18.5. The van der Waals surface area contributed by atoms with Gasteiger partial charge >= 0.3 is 0 Å². The van der Waals surface area contributed by atoms with Crippen LogP contribution in [0.1, 0.15) is 176 Å². The van der Waals surface area contributed by atoms with Gasteiger partial charge in [-0.15, -0.1) is 0 Å². The normalized spacial score (nSPS) is 12.4. The van der Waals surface area contributed by atoms with Gasteiger partial charge in [-0.3, -0.25) is 0 Å². The van der Waals surface area contributed by atoms with Crippen molar-refractivity contribution in [1.82, 2.24) is 0 Å². The van der Waals surface area contributed by atoms with Crippen LogP contribution in [0, 0.1) is 50.7 Å². The van der Waals surface area contributed by atoms with E-state index in [2.05, 4.69) is 178 Å². The monoisotopic (exact) mass is 2000 g/mol. The lowest BCUT2D eigenvalue weighted by atomic mass is 9.92. The molecule has 16 nitrogen and oxygen atoms in total. The van der Waals surface area contributed by atoms with E-state index >= 15 is 0 Å². The lowest BCUT2D eigenvalue weighted by molar-refractivity contribution is -0.108. The molecular formula is C113H168N4O12Si8. The second-order valence-corrected chi connectivity index (χ2v) is 78.4. The van der Waals surface area contributed by atoms with Gasteiger partial charge in [-0.25, -0.2) is 0 Å². The highest BCUT2D eigenvalue weighted by molar-refractivity contribution is 6.86. The molecule has 0 saturated heterocycles. The Bertz CT molecular complexity index is 4260. The zero-order valence-electron chi connectivity index (χ0n) is 86.8. The molecule has 0 aliphatic carbocycles. The number of hydrogen-bond acceptors (Lipinski definition) is 16. The summed E-state index contributed by atoms with van der Waals surface area (Å²) in [5, 5.41) is 36.9. The van der Waals surface area contributed by atoms with Crippen LogP contribution in [0.3, 0.4) is 0 Å². The number of nitrogens with zero attached hydrogens (tertiary/aromatic N) is 4. The van der Waals surface area contributed by atoms with Crippen LogP contribution in [-0.2, 0) is 35.4 Å². The molecule has 8 aromatic carbocycles. The van der Waals surface area contributed by atoms with Gasteiger partial charge in [0.25, 0.3) is 0 Å². The van der Waals surface area contributed by atoms with E-state index in [9.17, 15) is 21.0 Å². The van der Waals surface area contributed by atoms with Gasteiger partial charge in [-0.1, -0.05) is 200 Å². The maximum atomic E-state index is 9.22. The average molecular weight is 2000 g/mol. The van der Waals surface area contributed by atoms with Crippen LogP contribution < -0.4 is 18.9 Å². The lowest BCUT2D eigenvalue weighted by Gasteiger charge is -2.34. The van der Waals surface area contributed by atoms with Crippen molar-refractivity contribution in [1.29, 1.82) is 21.0 Å². The Kier molecular flexibility index (Phi) is 50.1. The summed E-state index contributed by atoms with van der Waals surface area (Å²) in [6, 6.07) is 81.8. The zero-order chi connectivity index (χ0) is 98.8. The maximum absolute atomic E-state index is 9.22. The second-order valence-electron chi connectivity index (χ2n) is 42.9. The van der Waals surface area contributed by atoms with Crippen molar-refractivity contribution >= 4 is 66.5 Å². The Morgan fingerprint density at radius 2 is 0.321 bits per heavy atom. The molecule has 137 heavy (non-hydrogen) atoms. The van der Waals surface area contributed by atoms with E-state index in [1.165, 1.54) is 0 Å². The van der Waals surface area contributed by atoms with Crippen molar-refractivity contribution in [3.63, 3.8) is 0 Å². The Morgan fingerprint density at radius 1 is 0.182 bits per heavy atom. The van der Waals surface area contributed by atoms with Gasteiger partial charge in [0.15, 0.2) is 66.5 Å². The first-order chi connectivity index (χ1) is 65.6. The van der Waals surface area contributed by atoms with Crippen molar-refractivity contribution in [3.8, 4) is 91.8 Å². The number of unbranched alkanes of at least 4 members (excludes halogenated alkanes) is 16. The molecule has 8 aromatic rings. The topological polar surface area (TPSA) is 206 Å². The minimum atomic E-state index is -1.90. The lowest BCUT2D eigenvalue weighted by Crippen LogP contribution is -2.44. The van der Waals surface area contributed by atoms with Gasteiger partial charge < -0.3 is 54.4 Å². The summed E-state index contributed by atoms with van der Waals surface area (Å²) >= 11 is 0. The van der Waals surface area contributed by atoms with E-state index < -0.39 is 72.0 Å². The summed E-state index contributed by atoms with van der Waals surface area (Å²) in [5.41, 5.74) is 11.0. The molecule has 0 aliphatic rings. The number of rotatable bonds is 72. The number of nitriles is 4. The molecule has 8 rings (SSSR count). The summed E-state index contributed by atoms with van der Waals surface area (Å²) < 4.78 is 80.9. The standard InChI is InChI=1S/C113H168N4O12Si8/c1-130(2,126-134(9,10)85-37-21-29-77-122-109-65-57-105(58-66-109)101-49-41-97(89-114)42-50-101)81-33-17-25-73-118-93-113(94-119-74-26-18-34-82-131(3,4)127-135(11,12)86-38-22-30-78-123-110-67-59-106(60-68-110)102-51-43-98(90-115)44-52-102,95-120-75-27-19-35-83-132(5,6)128-136(13,14)87-39-23-31-79-124-111-69-61-107(62-70-111)103-53-45-99(91-116)46-54-103)96-121-76-28-20-36-84-133(7,8)129-137(15,16)88-40-24-32-80-125-112-71-63-108(64-72-112)104-55-47-100(92-117)48-56-104/h41-72H,17-40,73-88,93-96H2,1-16H3. The van der Waals surface area contributed by atoms with E-state index in [-0.39, 0.29) is 0 Å². The van der Waals surface area contributed by atoms with E-state index in [0.29, 0.717) is 102 Å². The van der Waals surface area contributed by atoms with Crippen molar-refractivity contribution < 1.29 is 54.4 Å². The van der Waals surface area contributed by atoms with Crippen molar-refractivity contribution in [3.05, 3.63) is 216 Å². The first-order valence-electron chi connectivity index (χ1n) is 51.6. The molecule has 0 bridgehead atoms. The number of hydrogen-bond donors (Lipinski definition) is 0. The predicted octanol–water partition coefficient (Wildman–Crippen LogP) is 31.6. The largest absolute Gasteiger partial charge is 0.494 e. The van der Waals surface area contributed by atoms with Gasteiger partial charge in [0.2, 0.25) is 0 Å². The van der Waals surface area contributed by atoms with Crippen LogP contribution in [0.25, 0.3) is 44.5 Å². The Morgan fingerprint density at radius 3 is 0.467 bits per heavy atom. The van der Waals surface area contributed by atoms with Gasteiger partial charge in [0.1, 0.15) is 23.0 Å². The van der Waals surface area contributed by atoms with Crippen LogP contribution in [-0.4, -0.2) is 146 Å². The molecule has 0 amide bonds. The van der Waals surface area contributed by atoms with E-state index in [1.54, 1.807) is 0 Å². The number of ether oxygens (including phenoxy) is 8. The fourth-order valence-corrected chi connectivity index (χ4v) is 54.5. The summed E-state index contributed by atoms with van der Waals surface area (Å²) in [6.07, 6.45) is 26.1. The summed E-state index contributed by atoms with van der Waals surface area (Å²) in [7, 11) is -15.1. The van der Waals surface area contributed by atoms with Crippen LogP contribution in [0.15, 0.2) is 194 Å². The molecule has 24 heteroatoms. The average Bonchev–Trinajstić information content (AvgIpc) is 0.845. The van der Waals surface area contributed by atoms with E-state index in [4.69, 9.17) is 54.4 Å². The molecule has 0 fully saturated rings. The molecule has 0 heterocycles. The molecule has 0 atom stereocenters. The minimum Gasteiger partial charge on any atom is -0.494 e. The molecule has 744 valence electrons. The van der Waals surface area contributed by atoms with Gasteiger partial charge in [-0.05, 0) is 346 Å².